The number of hydrogen-bond donors (Lipinski definition) is 1. The third-order valence-corrected chi connectivity index (χ3v) is 5.81. The van der Waals surface area contributed by atoms with Crippen molar-refractivity contribution in [3.63, 3.8) is 0 Å². The Kier molecular flexibility index (Phi) is 5.11. The van der Waals surface area contributed by atoms with Gasteiger partial charge in [-0.15, -0.1) is 0 Å². The predicted molar refractivity (Wildman–Crippen MR) is 97.8 cm³/mol. The van der Waals surface area contributed by atoms with Crippen LogP contribution in [0.25, 0.3) is 0 Å². The van der Waals surface area contributed by atoms with Crippen LogP contribution >= 0.6 is 0 Å². The number of rotatable bonds is 5. The summed E-state index contributed by atoms with van der Waals surface area (Å²) in [6.45, 7) is 4.53. The molecule has 7 heteroatoms. The van der Waals surface area contributed by atoms with E-state index >= 15 is 0 Å². The molecule has 138 valence electrons. The molecule has 1 heterocycles. The Morgan fingerprint density at radius 2 is 1.88 bits per heavy atom. The highest BCUT2D eigenvalue weighted by atomic mass is 32.2. The van der Waals surface area contributed by atoms with E-state index in [4.69, 9.17) is 0 Å². The second-order valence-corrected chi connectivity index (χ2v) is 8.40. The van der Waals surface area contributed by atoms with Gasteiger partial charge in [-0.3, -0.25) is 4.79 Å². The Bertz CT molecular complexity index is 924. The number of halogens is 1. The van der Waals surface area contributed by atoms with Crippen LogP contribution in [0.1, 0.15) is 25.0 Å². The third kappa shape index (κ3) is 3.78. The van der Waals surface area contributed by atoms with Crippen molar-refractivity contribution in [3.05, 3.63) is 59.4 Å². The van der Waals surface area contributed by atoms with Gasteiger partial charge in [0.15, 0.2) is 0 Å². The van der Waals surface area contributed by atoms with E-state index in [1.807, 2.05) is 32.0 Å². The van der Waals surface area contributed by atoms with Gasteiger partial charge in [-0.2, -0.15) is 0 Å². The number of amides is 1. The number of nitrogens with one attached hydrogen (secondary N) is 1. The molecule has 3 rings (SSSR count). The molecule has 0 bridgehead atoms. The van der Waals surface area contributed by atoms with Crippen LogP contribution in [0.5, 0.6) is 0 Å². The maximum Gasteiger partial charge on any atom is 0.240 e. The molecule has 0 saturated heterocycles. The van der Waals surface area contributed by atoms with Crippen LogP contribution in [0.4, 0.5) is 10.1 Å². The minimum atomic E-state index is -3.71. The summed E-state index contributed by atoms with van der Waals surface area (Å²) in [4.78, 5) is 14.0. The van der Waals surface area contributed by atoms with Crippen LogP contribution < -0.4 is 9.62 Å². The fourth-order valence-corrected chi connectivity index (χ4v) is 4.00. The predicted octanol–water partition coefficient (Wildman–Crippen LogP) is 2.85. The lowest BCUT2D eigenvalue weighted by molar-refractivity contribution is -0.121. The van der Waals surface area contributed by atoms with Crippen molar-refractivity contribution in [2.75, 3.05) is 11.4 Å². The van der Waals surface area contributed by atoms with Crippen molar-refractivity contribution >= 4 is 21.6 Å². The van der Waals surface area contributed by atoms with Crippen molar-refractivity contribution in [1.82, 2.24) is 4.72 Å². The Morgan fingerprint density at radius 3 is 2.54 bits per heavy atom. The quantitative estimate of drug-likeness (QED) is 0.873. The number of nitrogens with zero attached hydrogens (tertiary/aromatic N) is 1. The molecule has 2 aromatic rings. The van der Waals surface area contributed by atoms with Gasteiger partial charge in [-0.1, -0.05) is 26.0 Å². The van der Waals surface area contributed by atoms with Gasteiger partial charge in [0.1, 0.15) is 5.82 Å². The summed E-state index contributed by atoms with van der Waals surface area (Å²) in [5, 5.41) is 0. The molecule has 0 saturated carbocycles. The number of benzene rings is 2. The van der Waals surface area contributed by atoms with Crippen LogP contribution in [0.15, 0.2) is 47.4 Å². The van der Waals surface area contributed by atoms with E-state index < -0.39 is 15.8 Å². The van der Waals surface area contributed by atoms with Gasteiger partial charge in [0.05, 0.1) is 4.90 Å². The lowest BCUT2D eigenvalue weighted by Gasteiger charge is -2.19. The maximum atomic E-state index is 12.9. The monoisotopic (exact) mass is 376 g/mol. The first-order valence-corrected chi connectivity index (χ1v) is 9.94. The molecule has 0 radical (unpaired) electrons. The normalized spacial score (nSPS) is 13.9. The highest BCUT2D eigenvalue weighted by Crippen LogP contribution is 2.30. The fourth-order valence-electron chi connectivity index (χ4n) is 2.98. The van der Waals surface area contributed by atoms with Crippen molar-refractivity contribution in [2.24, 2.45) is 5.92 Å². The Morgan fingerprint density at radius 1 is 1.19 bits per heavy atom. The molecule has 0 atom stereocenters. The molecular formula is C19H21FN2O3S. The first-order chi connectivity index (χ1) is 12.3. The number of carbonyl (C=O) groups is 1. The second-order valence-electron chi connectivity index (χ2n) is 6.64. The van der Waals surface area contributed by atoms with Crippen LogP contribution in [0.3, 0.4) is 0 Å². The molecule has 5 nitrogen and oxygen atoms in total. The van der Waals surface area contributed by atoms with Gasteiger partial charge >= 0.3 is 0 Å². The lowest BCUT2D eigenvalue weighted by Crippen LogP contribution is -2.32. The van der Waals surface area contributed by atoms with E-state index in [-0.39, 0.29) is 23.3 Å². The average Bonchev–Trinajstić information content (AvgIpc) is 3.02. The number of carbonyl (C=O) groups excluding carboxylic acids is 1. The average molecular weight is 376 g/mol. The Balaban J connectivity index is 1.72. The van der Waals surface area contributed by atoms with E-state index in [1.54, 1.807) is 4.90 Å². The van der Waals surface area contributed by atoms with Crippen molar-refractivity contribution < 1.29 is 17.6 Å². The van der Waals surface area contributed by atoms with E-state index in [0.29, 0.717) is 6.54 Å². The molecule has 1 aliphatic rings. The van der Waals surface area contributed by atoms with E-state index in [0.717, 1.165) is 35.4 Å². The van der Waals surface area contributed by atoms with Crippen LogP contribution in [-0.4, -0.2) is 20.9 Å². The maximum absolute atomic E-state index is 12.9. The van der Waals surface area contributed by atoms with Crippen molar-refractivity contribution in [3.8, 4) is 0 Å². The zero-order valence-corrected chi connectivity index (χ0v) is 15.5. The summed E-state index contributed by atoms with van der Waals surface area (Å²) >= 11 is 0. The molecule has 1 amide bonds. The molecule has 1 N–H and O–H groups in total. The van der Waals surface area contributed by atoms with Crippen molar-refractivity contribution in [2.45, 2.75) is 31.7 Å². The zero-order chi connectivity index (χ0) is 18.9. The number of hydrogen-bond acceptors (Lipinski definition) is 3. The molecule has 0 aliphatic carbocycles. The molecule has 2 aromatic carbocycles. The number of sulfonamides is 1. The summed E-state index contributed by atoms with van der Waals surface area (Å²) in [7, 11) is -3.71. The molecule has 0 aromatic heterocycles. The van der Waals surface area contributed by atoms with Crippen LogP contribution in [-0.2, 0) is 27.8 Å². The Labute approximate surface area is 152 Å². The highest BCUT2D eigenvalue weighted by molar-refractivity contribution is 7.89. The third-order valence-electron chi connectivity index (χ3n) is 4.39. The summed E-state index contributed by atoms with van der Waals surface area (Å²) in [6, 6.07) is 10.3. The van der Waals surface area contributed by atoms with E-state index in [2.05, 4.69) is 4.72 Å². The minimum Gasteiger partial charge on any atom is -0.312 e. The first kappa shape index (κ1) is 18.5. The molecule has 0 unspecified atom stereocenters. The first-order valence-electron chi connectivity index (χ1n) is 8.46. The van der Waals surface area contributed by atoms with Crippen molar-refractivity contribution in [1.29, 1.82) is 0 Å². The number of anilines is 1. The van der Waals surface area contributed by atoms with Gasteiger partial charge in [0, 0.05) is 24.7 Å². The SMILES string of the molecule is CC(C)C(=O)N1CCc2cc(CNS(=O)(=O)c3ccc(F)cc3)ccc21. The Hall–Kier alpha value is -2.25. The van der Waals surface area contributed by atoms with E-state index in [1.165, 1.54) is 12.1 Å². The topological polar surface area (TPSA) is 66.5 Å². The summed E-state index contributed by atoms with van der Waals surface area (Å²) in [6.07, 6.45) is 0.756. The molecule has 1 aliphatic heterocycles. The smallest absolute Gasteiger partial charge is 0.240 e. The molecular weight excluding hydrogens is 355 g/mol. The van der Waals surface area contributed by atoms with Gasteiger partial charge in [0.2, 0.25) is 15.9 Å². The standard InChI is InChI=1S/C19H21FN2O3S/c1-13(2)19(23)22-10-9-15-11-14(3-8-18(15)22)12-21-26(24,25)17-6-4-16(20)5-7-17/h3-8,11,13,21H,9-10,12H2,1-2H3. The summed E-state index contributed by atoms with van der Waals surface area (Å²) < 4.78 is 40.0. The van der Waals surface area contributed by atoms with E-state index in [9.17, 15) is 17.6 Å². The lowest BCUT2D eigenvalue weighted by atomic mass is 10.1. The van der Waals surface area contributed by atoms with Crippen LogP contribution in [0.2, 0.25) is 0 Å². The summed E-state index contributed by atoms with van der Waals surface area (Å²) in [5.74, 6) is -0.459. The largest absolute Gasteiger partial charge is 0.312 e. The zero-order valence-electron chi connectivity index (χ0n) is 14.7. The minimum absolute atomic E-state index is 0.0220. The molecule has 0 spiro atoms. The van der Waals surface area contributed by atoms with Gasteiger partial charge < -0.3 is 4.90 Å². The molecule has 26 heavy (non-hydrogen) atoms. The van der Waals surface area contributed by atoms with Gasteiger partial charge in [0.25, 0.3) is 0 Å². The van der Waals surface area contributed by atoms with Gasteiger partial charge in [-0.05, 0) is 47.9 Å². The summed E-state index contributed by atoms with van der Waals surface area (Å²) in [5.41, 5.74) is 2.75. The highest BCUT2D eigenvalue weighted by Gasteiger charge is 2.26. The second kappa shape index (κ2) is 7.17. The fraction of sp³-hybridized carbons (Fsp3) is 0.316. The van der Waals surface area contributed by atoms with Crippen LogP contribution in [0, 0.1) is 11.7 Å². The van der Waals surface area contributed by atoms with Gasteiger partial charge in [-0.25, -0.2) is 17.5 Å². The molecule has 0 fully saturated rings. The number of fused-ring (bicyclic) bond motifs is 1.